The van der Waals surface area contributed by atoms with Crippen LogP contribution in [0.1, 0.15) is 52.4 Å². The third-order valence-corrected chi connectivity index (χ3v) is 9.48. The van der Waals surface area contributed by atoms with Gasteiger partial charge in [0.1, 0.15) is 5.75 Å². The van der Waals surface area contributed by atoms with Gasteiger partial charge in [-0.2, -0.15) is 26.3 Å². The van der Waals surface area contributed by atoms with Gasteiger partial charge in [-0.05, 0) is 67.6 Å². The van der Waals surface area contributed by atoms with Crippen molar-refractivity contribution in [3.05, 3.63) is 94.5 Å². The summed E-state index contributed by atoms with van der Waals surface area (Å²) in [6.07, 6.45) is -9.82. The fourth-order valence-electron chi connectivity index (χ4n) is 5.24. The lowest BCUT2D eigenvalue weighted by Crippen LogP contribution is -2.48. The Labute approximate surface area is 270 Å². The lowest BCUT2D eigenvalue weighted by atomic mass is 10.00. The standard InChI is InChI=1S/C32H37F6N3O5S/c1-2-46-27-16-23(15-26(18-27)41-10-6-7-11-47(41,44)45)30(43)40-28(14-21-8-4-3-5-9-21)29(42)20-39-19-22-12-24(31(33,34)35)17-25(13-22)32(36,37)38/h3-5,8-9,12-13,15-18,28-29,39,42,44-45H,2,6-7,10-11,14,19-20H2,1H3,(H,40,43)/t28-,29+/m0/s1. The molecule has 0 bridgehead atoms. The van der Waals surface area contributed by atoms with Crippen molar-refractivity contribution in [2.24, 2.45) is 0 Å². The molecule has 8 nitrogen and oxygen atoms in total. The first-order valence-electron chi connectivity index (χ1n) is 14.9. The number of carbonyl (C=O) groups is 1. The van der Waals surface area contributed by atoms with Gasteiger partial charge in [-0.15, -0.1) is 10.8 Å². The summed E-state index contributed by atoms with van der Waals surface area (Å²) < 4.78 is 108. The molecule has 0 radical (unpaired) electrons. The molecular formula is C32H37F6N3O5S. The minimum Gasteiger partial charge on any atom is -0.494 e. The van der Waals surface area contributed by atoms with Gasteiger partial charge in [0.05, 0.1) is 41.3 Å². The number of amides is 1. The predicted octanol–water partition coefficient (Wildman–Crippen LogP) is 6.88. The lowest BCUT2D eigenvalue weighted by Gasteiger charge is -2.47. The van der Waals surface area contributed by atoms with Crippen LogP contribution in [0.3, 0.4) is 0 Å². The number of anilines is 1. The van der Waals surface area contributed by atoms with Crippen molar-refractivity contribution in [1.82, 2.24) is 10.6 Å². The van der Waals surface area contributed by atoms with Crippen LogP contribution < -0.4 is 19.7 Å². The van der Waals surface area contributed by atoms with Crippen LogP contribution in [0, 0.1) is 0 Å². The average Bonchev–Trinajstić information content (AvgIpc) is 3.00. The van der Waals surface area contributed by atoms with Crippen LogP contribution in [-0.2, 0) is 25.3 Å². The number of aliphatic hydroxyl groups excluding tert-OH is 1. The zero-order chi connectivity index (χ0) is 34.4. The van der Waals surface area contributed by atoms with E-state index in [4.69, 9.17) is 4.74 Å². The normalized spacial score (nSPS) is 17.1. The van der Waals surface area contributed by atoms with Crippen LogP contribution >= 0.6 is 10.8 Å². The summed E-state index contributed by atoms with van der Waals surface area (Å²) in [7, 11) is -3.11. The predicted molar refractivity (Wildman–Crippen MR) is 167 cm³/mol. The van der Waals surface area contributed by atoms with Crippen molar-refractivity contribution >= 4 is 22.4 Å². The summed E-state index contributed by atoms with van der Waals surface area (Å²) in [5.74, 6) is -0.116. The van der Waals surface area contributed by atoms with Crippen molar-refractivity contribution in [2.75, 3.05) is 29.8 Å². The summed E-state index contributed by atoms with van der Waals surface area (Å²) in [5.41, 5.74) is -1.94. The Bertz CT molecular complexity index is 1470. The molecule has 1 amide bonds. The molecule has 15 heteroatoms. The molecule has 258 valence electrons. The fourth-order valence-corrected chi connectivity index (χ4v) is 6.92. The fraction of sp³-hybridized carbons (Fsp3) is 0.406. The van der Waals surface area contributed by atoms with E-state index in [1.807, 2.05) is 0 Å². The number of benzene rings is 3. The number of hydrogen-bond donors (Lipinski definition) is 5. The number of aliphatic hydroxyl groups is 1. The largest absolute Gasteiger partial charge is 0.494 e. The van der Waals surface area contributed by atoms with E-state index in [0.29, 0.717) is 43.0 Å². The monoisotopic (exact) mass is 689 g/mol. The third-order valence-electron chi connectivity index (χ3n) is 7.54. The maximum absolute atomic E-state index is 13.6. The third kappa shape index (κ3) is 10.00. The highest BCUT2D eigenvalue weighted by Gasteiger charge is 2.37. The van der Waals surface area contributed by atoms with Crippen molar-refractivity contribution in [3.63, 3.8) is 0 Å². The molecule has 47 heavy (non-hydrogen) atoms. The highest BCUT2D eigenvalue weighted by atomic mass is 32.3. The maximum Gasteiger partial charge on any atom is 0.416 e. The second-order valence-corrected chi connectivity index (χ2v) is 13.3. The first-order chi connectivity index (χ1) is 22.1. The van der Waals surface area contributed by atoms with Gasteiger partial charge in [0.2, 0.25) is 0 Å². The molecule has 1 aliphatic heterocycles. The number of hydrogen-bond acceptors (Lipinski definition) is 7. The summed E-state index contributed by atoms with van der Waals surface area (Å²) in [6.45, 7) is 1.68. The Balaban J connectivity index is 1.54. The smallest absolute Gasteiger partial charge is 0.416 e. The molecule has 0 aliphatic carbocycles. The topological polar surface area (TPSA) is 114 Å². The molecule has 3 aromatic rings. The molecule has 4 rings (SSSR count). The van der Waals surface area contributed by atoms with Gasteiger partial charge in [-0.3, -0.25) is 18.2 Å². The van der Waals surface area contributed by atoms with Crippen LogP contribution in [0.5, 0.6) is 5.75 Å². The number of alkyl halides is 6. The Kier molecular flexibility index (Phi) is 11.7. The molecule has 5 N–H and O–H groups in total. The van der Waals surface area contributed by atoms with E-state index < -0.39 is 58.9 Å². The first kappa shape index (κ1) is 36.3. The van der Waals surface area contributed by atoms with Crippen LogP contribution in [0.4, 0.5) is 32.0 Å². The SMILES string of the molecule is CCOc1cc(C(=O)N[C@@H](Cc2ccccc2)[C@H](O)CNCc2cc(C(F)(F)F)cc(C(F)(F)F)c2)cc(N2CCCCS2(O)O)c1. The summed E-state index contributed by atoms with van der Waals surface area (Å²) >= 11 is 0. The molecule has 0 unspecified atom stereocenters. The van der Waals surface area contributed by atoms with Gasteiger partial charge in [0.15, 0.2) is 0 Å². The number of halogens is 6. The van der Waals surface area contributed by atoms with Gasteiger partial charge in [-0.25, -0.2) is 0 Å². The maximum atomic E-state index is 13.6. The van der Waals surface area contributed by atoms with E-state index in [9.17, 15) is 45.3 Å². The number of nitrogens with zero attached hydrogens (tertiary/aromatic N) is 1. The zero-order valence-electron chi connectivity index (χ0n) is 25.4. The number of nitrogens with one attached hydrogen (secondary N) is 2. The molecular weight excluding hydrogens is 652 g/mol. The van der Waals surface area contributed by atoms with Gasteiger partial charge >= 0.3 is 12.4 Å². The van der Waals surface area contributed by atoms with Crippen molar-refractivity contribution < 1.29 is 50.1 Å². The highest BCUT2D eigenvalue weighted by molar-refractivity contribution is 8.25. The van der Waals surface area contributed by atoms with Crippen LogP contribution in [-0.4, -0.2) is 57.7 Å². The molecule has 1 heterocycles. The number of carbonyl (C=O) groups excluding carboxylic acids is 1. The molecule has 1 fully saturated rings. The molecule has 1 saturated heterocycles. The van der Waals surface area contributed by atoms with Crippen LogP contribution in [0.15, 0.2) is 66.7 Å². The summed E-state index contributed by atoms with van der Waals surface area (Å²) in [6, 6.07) is 13.8. The quantitative estimate of drug-likeness (QED) is 0.132. The molecule has 1 aliphatic rings. The van der Waals surface area contributed by atoms with E-state index in [0.717, 1.165) is 5.56 Å². The van der Waals surface area contributed by atoms with Gasteiger partial charge in [-0.1, -0.05) is 30.3 Å². The lowest BCUT2D eigenvalue weighted by molar-refractivity contribution is -0.143. The van der Waals surface area contributed by atoms with Gasteiger partial charge in [0, 0.05) is 31.3 Å². The first-order valence-corrected chi connectivity index (χ1v) is 16.6. The van der Waals surface area contributed by atoms with E-state index in [2.05, 4.69) is 10.6 Å². The second kappa shape index (κ2) is 15.2. The van der Waals surface area contributed by atoms with Crippen molar-refractivity contribution in [2.45, 2.75) is 57.2 Å². The summed E-state index contributed by atoms with van der Waals surface area (Å²) in [5, 5.41) is 16.6. The van der Waals surface area contributed by atoms with E-state index in [1.54, 1.807) is 43.3 Å². The average molecular weight is 690 g/mol. The summed E-state index contributed by atoms with van der Waals surface area (Å²) in [4.78, 5) is 13.6. The molecule has 3 aromatic carbocycles. The Hall–Kier alpha value is -3.50. The van der Waals surface area contributed by atoms with Crippen LogP contribution in [0.2, 0.25) is 0 Å². The van der Waals surface area contributed by atoms with Gasteiger partial charge in [0.25, 0.3) is 5.91 Å². The number of rotatable bonds is 12. The molecule has 0 saturated carbocycles. The Morgan fingerprint density at radius 3 is 2.19 bits per heavy atom. The van der Waals surface area contributed by atoms with E-state index >= 15 is 0 Å². The molecule has 0 aromatic heterocycles. The molecule has 0 spiro atoms. The Morgan fingerprint density at radius 1 is 0.936 bits per heavy atom. The van der Waals surface area contributed by atoms with Crippen molar-refractivity contribution in [1.29, 1.82) is 0 Å². The number of ether oxygens (including phenoxy) is 1. The van der Waals surface area contributed by atoms with E-state index in [1.165, 1.54) is 16.4 Å². The van der Waals surface area contributed by atoms with Gasteiger partial charge < -0.3 is 20.5 Å². The highest BCUT2D eigenvalue weighted by Crippen LogP contribution is 2.50. The van der Waals surface area contributed by atoms with Crippen LogP contribution in [0.25, 0.3) is 0 Å². The Morgan fingerprint density at radius 2 is 1.60 bits per heavy atom. The molecule has 2 atom stereocenters. The minimum absolute atomic E-state index is 0.0450. The van der Waals surface area contributed by atoms with E-state index in [-0.39, 0.29) is 42.5 Å². The van der Waals surface area contributed by atoms with Crippen molar-refractivity contribution in [3.8, 4) is 5.75 Å². The minimum atomic E-state index is -4.99. The second-order valence-electron chi connectivity index (χ2n) is 11.2. The zero-order valence-corrected chi connectivity index (χ0v) is 26.3.